The highest BCUT2D eigenvalue weighted by Crippen LogP contribution is 2.55. The van der Waals surface area contributed by atoms with Crippen LogP contribution in [0.15, 0.2) is 54.9 Å². The maximum atomic E-state index is 14.1. The van der Waals surface area contributed by atoms with Crippen LogP contribution in [0.25, 0.3) is 0 Å². The molecular formula is C30H34N4O4. The summed E-state index contributed by atoms with van der Waals surface area (Å²) in [7, 11) is 0. The van der Waals surface area contributed by atoms with Crippen molar-refractivity contribution in [3.05, 3.63) is 71.6 Å². The lowest BCUT2D eigenvalue weighted by atomic mass is 9.74. The molecule has 5 unspecified atom stereocenters. The second-order valence-corrected chi connectivity index (χ2v) is 11.2. The number of carbonyl (C=O) groups excluding carboxylic acids is 3. The smallest absolute Gasteiger partial charge is 0.246 e. The zero-order valence-corrected chi connectivity index (χ0v) is 21.9. The van der Waals surface area contributed by atoms with Crippen LogP contribution in [0.4, 0.5) is 5.69 Å². The zero-order chi connectivity index (χ0) is 26.4. The highest BCUT2D eigenvalue weighted by Gasteiger charge is 2.72. The average Bonchev–Trinajstić information content (AvgIpc) is 3.55. The van der Waals surface area contributed by atoms with E-state index in [1.54, 1.807) is 17.3 Å². The number of fused-ring (bicyclic) bond motifs is 1. The number of rotatable bonds is 6. The van der Waals surface area contributed by atoms with Crippen LogP contribution in [0.1, 0.15) is 48.8 Å². The Labute approximate surface area is 222 Å². The topological polar surface area (TPSA) is 101 Å². The fourth-order valence-corrected chi connectivity index (χ4v) is 6.70. The predicted octanol–water partition coefficient (Wildman–Crippen LogP) is 3.44. The standard InChI is InChI=1S/C30H34N4O4/c1-18-10-11-22(15-19(18)2)33-27(35)24-23-12-13-30(38-23)25(24)29(37)34(17-20-7-6-14-31-16-20)26(30)28(36)32-21-8-4-3-5-9-21/h6-7,10-16,21,23-26H,3-5,8-9,17H2,1-2H3,(H,32,36)(H,33,35). The Morgan fingerprint density at radius 1 is 1.11 bits per heavy atom. The van der Waals surface area contributed by atoms with Gasteiger partial charge in [0.2, 0.25) is 17.7 Å². The normalized spacial score (nSPS) is 29.9. The van der Waals surface area contributed by atoms with Gasteiger partial charge in [-0.25, -0.2) is 0 Å². The quantitative estimate of drug-likeness (QED) is 0.576. The van der Waals surface area contributed by atoms with E-state index >= 15 is 0 Å². The Morgan fingerprint density at radius 2 is 1.92 bits per heavy atom. The summed E-state index contributed by atoms with van der Waals surface area (Å²) in [5, 5.41) is 6.23. The van der Waals surface area contributed by atoms with Crippen molar-refractivity contribution in [2.75, 3.05) is 5.32 Å². The van der Waals surface area contributed by atoms with Crippen LogP contribution in [-0.2, 0) is 25.7 Å². The number of carbonyl (C=O) groups is 3. The molecule has 4 heterocycles. The Morgan fingerprint density at radius 3 is 2.66 bits per heavy atom. The fraction of sp³-hybridized carbons (Fsp3) is 0.467. The Hall–Kier alpha value is -3.52. The van der Waals surface area contributed by atoms with E-state index < -0.39 is 29.6 Å². The second-order valence-electron chi connectivity index (χ2n) is 11.2. The second kappa shape index (κ2) is 9.66. The van der Waals surface area contributed by atoms with Crippen LogP contribution in [0, 0.1) is 25.7 Å². The summed E-state index contributed by atoms with van der Waals surface area (Å²) in [5.41, 5.74) is 2.54. The average molecular weight is 515 g/mol. The molecule has 6 rings (SSSR count). The molecule has 0 radical (unpaired) electrons. The van der Waals surface area contributed by atoms with Gasteiger partial charge in [-0.05, 0) is 61.6 Å². The summed E-state index contributed by atoms with van der Waals surface area (Å²) in [4.78, 5) is 47.4. The number of pyridine rings is 1. The van der Waals surface area contributed by atoms with Gasteiger partial charge in [-0.3, -0.25) is 19.4 Å². The number of aryl methyl sites for hydroxylation is 2. The molecule has 2 N–H and O–H groups in total. The van der Waals surface area contributed by atoms with Gasteiger partial charge in [-0.2, -0.15) is 0 Å². The number of nitrogens with one attached hydrogen (secondary N) is 2. The van der Waals surface area contributed by atoms with Crippen molar-refractivity contribution in [2.24, 2.45) is 11.8 Å². The first-order chi connectivity index (χ1) is 18.4. The molecule has 1 saturated carbocycles. The molecule has 2 bridgehead atoms. The summed E-state index contributed by atoms with van der Waals surface area (Å²) < 4.78 is 6.45. The molecule has 38 heavy (non-hydrogen) atoms. The molecule has 8 nitrogen and oxygen atoms in total. The van der Waals surface area contributed by atoms with Crippen molar-refractivity contribution < 1.29 is 19.1 Å². The summed E-state index contributed by atoms with van der Waals surface area (Å²) >= 11 is 0. The van der Waals surface area contributed by atoms with Gasteiger partial charge in [0.25, 0.3) is 0 Å². The molecule has 1 spiro atoms. The highest BCUT2D eigenvalue weighted by atomic mass is 16.5. The van der Waals surface area contributed by atoms with Gasteiger partial charge >= 0.3 is 0 Å². The summed E-state index contributed by atoms with van der Waals surface area (Å²) in [6.07, 6.45) is 11.7. The fourth-order valence-electron chi connectivity index (χ4n) is 6.70. The molecule has 3 aliphatic heterocycles. The lowest BCUT2D eigenvalue weighted by Gasteiger charge is -2.34. The summed E-state index contributed by atoms with van der Waals surface area (Å²) in [6, 6.07) is 8.69. The molecule has 5 atom stereocenters. The molecular weight excluding hydrogens is 480 g/mol. The van der Waals surface area contributed by atoms with E-state index in [1.165, 1.54) is 6.42 Å². The van der Waals surface area contributed by atoms with Crippen molar-refractivity contribution in [1.82, 2.24) is 15.2 Å². The first-order valence-corrected chi connectivity index (χ1v) is 13.6. The lowest BCUT2D eigenvalue weighted by molar-refractivity contribution is -0.142. The molecule has 3 amide bonds. The van der Waals surface area contributed by atoms with Gasteiger partial charge in [0.1, 0.15) is 11.6 Å². The molecule has 1 aliphatic carbocycles. The van der Waals surface area contributed by atoms with Crippen molar-refractivity contribution in [2.45, 2.75) is 76.3 Å². The Kier molecular flexibility index (Phi) is 6.30. The lowest BCUT2D eigenvalue weighted by Crippen LogP contribution is -2.56. The SMILES string of the molecule is Cc1ccc(NC(=O)C2C3C=CC4(O3)C2C(=O)N(Cc2cccnc2)C4C(=O)NC2CCCCC2)cc1C. The number of ether oxygens (including phenoxy) is 1. The zero-order valence-electron chi connectivity index (χ0n) is 21.9. The number of hydrogen-bond acceptors (Lipinski definition) is 5. The van der Waals surface area contributed by atoms with Gasteiger partial charge in [0.15, 0.2) is 0 Å². The Bertz CT molecular complexity index is 1290. The van der Waals surface area contributed by atoms with Gasteiger partial charge in [0.05, 0.1) is 17.9 Å². The van der Waals surface area contributed by atoms with E-state index in [4.69, 9.17) is 4.74 Å². The van der Waals surface area contributed by atoms with Crippen molar-refractivity contribution in [3.63, 3.8) is 0 Å². The van der Waals surface area contributed by atoms with Crippen LogP contribution >= 0.6 is 0 Å². The van der Waals surface area contributed by atoms with Gasteiger partial charge < -0.3 is 20.3 Å². The van der Waals surface area contributed by atoms with Crippen LogP contribution < -0.4 is 10.6 Å². The molecule has 1 aromatic heterocycles. The summed E-state index contributed by atoms with van der Waals surface area (Å²) in [5.74, 6) is -2.21. The van der Waals surface area contributed by atoms with Crippen molar-refractivity contribution in [3.8, 4) is 0 Å². The summed E-state index contributed by atoms with van der Waals surface area (Å²) in [6.45, 7) is 4.24. The first-order valence-electron chi connectivity index (χ1n) is 13.6. The third-order valence-electron chi connectivity index (χ3n) is 8.73. The number of anilines is 1. The largest absolute Gasteiger partial charge is 0.359 e. The third-order valence-corrected chi connectivity index (χ3v) is 8.73. The molecule has 198 valence electrons. The molecule has 4 aliphatic rings. The van der Waals surface area contributed by atoms with E-state index in [2.05, 4.69) is 15.6 Å². The van der Waals surface area contributed by atoms with Gasteiger partial charge in [-0.15, -0.1) is 0 Å². The molecule has 8 heteroatoms. The number of likely N-dealkylation sites (tertiary alicyclic amines) is 1. The molecule has 2 saturated heterocycles. The number of benzene rings is 1. The van der Waals surface area contributed by atoms with E-state index in [0.717, 1.165) is 42.4 Å². The van der Waals surface area contributed by atoms with E-state index in [9.17, 15) is 14.4 Å². The number of amides is 3. The van der Waals surface area contributed by atoms with E-state index in [0.29, 0.717) is 5.69 Å². The van der Waals surface area contributed by atoms with Gasteiger partial charge in [0, 0.05) is 30.7 Å². The minimum atomic E-state index is -1.17. The molecule has 3 fully saturated rings. The monoisotopic (exact) mass is 514 g/mol. The maximum absolute atomic E-state index is 14.1. The predicted molar refractivity (Wildman–Crippen MR) is 142 cm³/mol. The number of hydrogen-bond donors (Lipinski definition) is 2. The Balaban J connectivity index is 1.32. The van der Waals surface area contributed by atoms with Gasteiger partial charge in [-0.1, -0.05) is 43.5 Å². The minimum Gasteiger partial charge on any atom is -0.359 e. The van der Waals surface area contributed by atoms with Crippen LogP contribution in [0.3, 0.4) is 0 Å². The van der Waals surface area contributed by atoms with Crippen LogP contribution in [0.2, 0.25) is 0 Å². The maximum Gasteiger partial charge on any atom is 0.246 e. The van der Waals surface area contributed by atoms with Crippen LogP contribution in [-0.4, -0.2) is 51.4 Å². The minimum absolute atomic E-state index is 0.0912. The van der Waals surface area contributed by atoms with E-state index in [-0.39, 0.29) is 30.3 Å². The van der Waals surface area contributed by atoms with Crippen molar-refractivity contribution >= 4 is 23.4 Å². The highest BCUT2D eigenvalue weighted by molar-refractivity contribution is 6.02. The van der Waals surface area contributed by atoms with Crippen molar-refractivity contribution in [1.29, 1.82) is 0 Å². The van der Waals surface area contributed by atoms with Crippen LogP contribution in [0.5, 0.6) is 0 Å². The molecule has 1 aromatic carbocycles. The number of aromatic nitrogens is 1. The molecule has 2 aromatic rings. The first kappa shape index (κ1) is 24.8. The number of nitrogens with zero attached hydrogens (tertiary/aromatic N) is 2. The van der Waals surface area contributed by atoms with E-state index in [1.807, 2.05) is 56.3 Å². The third kappa shape index (κ3) is 4.11.